The average Bonchev–Trinajstić information content (AvgIpc) is 3.30. The second kappa shape index (κ2) is 53.5. The Kier molecular flexibility index (Phi) is 50.9. The maximum absolute atomic E-state index is 12.7. The Bertz CT molecular complexity index is 1230. The summed E-state index contributed by atoms with van der Waals surface area (Å²) in [5.74, 6) is -1.05. The molecule has 0 aromatic carbocycles. The summed E-state index contributed by atoms with van der Waals surface area (Å²) < 4.78 is 16.7. The van der Waals surface area contributed by atoms with Crippen molar-refractivity contribution in [2.45, 2.75) is 271 Å². The lowest BCUT2D eigenvalue weighted by molar-refractivity contribution is -0.166. The predicted molar refractivity (Wildman–Crippen MR) is 279 cm³/mol. The number of esters is 3. The third kappa shape index (κ3) is 51.7. The van der Waals surface area contributed by atoms with Gasteiger partial charge >= 0.3 is 17.9 Å². The maximum Gasteiger partial charge on any atom is 0.310 e. The van der Waals surface area contributed by atoms with Crippen molar-refractivity contribution in [3.05, 3.63) is 72.9 Å². The van der Waals surface area contributed by atoms with Gasteiger partial charge in [-0.15, -0.1) is 0 Å². The molecule has 1 unspecified atom stereocenters. The summed E-state index contributed by atoms with van der Waals surface area (Å²) in [4.78, 5) is 37.9. The summed E-state index contributed by atoms with van der Waals surface area (Å²) in [5.41, 5.74) is 0. The number of rotatable bonds is 49. The van der Waals surface area contributed by atoms with E-state index in [0.29, 0.717) is 12.8 Å². The normalized spacial score (nSPS) is 12.6. The molecule has 65 heavy (non-hydrogen) atoms. The van der Waals surface area contributed by atoms with Gasteiger partial charge in [-0.2, -0.15) is 0 Å². The van der Waals surface area contributed by atoms with E-state index in [9.17, 15) is 14.4 Å². The molecular weight excluding hydrogens is 805 g/mol. The fraction of sp³-hybridized carbons (Fsp3) is 0.746. The minimum atomic E-state index is -0.830. The topological polar surface area (TPSA) is 78.9 Å². The van der Waals surface area contributed by atoms with E-state index in [4.69, 9.17) is 14.2 Å². The summed E-state index contributed by atoms with van der Waals surface area (Å²) in [7, 11) is 0. The number of ether oxygens (including phenoxy) is 3. The van der Waals surface area contributed by atoms with E-state index in [1.54, 1.807) is 6.08 Å². The minimum Gasteiger partial charge on any atom is -0.462 e. The van der Waals surface area contributed by atoms with Crippen LogP contribution in [-0.2, 0) is 28.6 Å². The maximum atomic E-state index is 12.7. The number of hydrogen-bond donors (Lipinski definition) is 0. The van der Waals surface area contributed by atoms with Gasteiger partial charge in [-0.05, 0) is 64.2 Å². The van der Waals surface area contributed by atoms with Gasteiger partial charge in [0.2, 0.25) is 0 Å². The van der Waals surface area contributed by atoms with Gasteiger partial charge in [-0.3, -0.25) is 14.4 Å². The SMILES string of the molecule is CC/C=C\C/C=C\C/C=C\C/C=C\C/C=C\CC(=O)OC(COC(=O)CCCCCCC/C=C\CCCC)COC(=O)CCCCCCCCCCCCCCCCCCCCCCC. The van der Waals surface area contributed by atoms with E-state index in [0.717, 1.165) is 83.5 Å². The van der Waals surface area contributed by atoms with Crippen molar-refractivity contribution in [3.63, 3.8) is 0 Å². The van der Waals surface area contributed by atoms with Crippen LogP contribution in [0.5, 0.6) is 0 Å². The summed E-state index contributed by atoms with van der Waals surface area (Å²) in [6, 6.07) is 0. The fourth-order valence-corrected chi connectivity index (χ4v) is 7.62. The molecule has 374 valence electrons. The van der Waals surface area contributed by atoms with Crippen LogP contribution in [0.2, 0.25) is 0 Å². The van der Waals surface area contributed by atoms with Gasteiger partial charge in [0.15, 0.2) is 6.10 Å². The van der Waals surface area contributed by atoms with Crippen molar-refractivity contribution < 1.29 is 28.6 Å². The lowest BCUT2D eigenvalue weighted by atomic mass is 10.0. The van der Waals surface area contributed by atoms with Crippen LogP contribution in [0, 0.1) is 0 Å². The van der Waals surface area contributed by atoms with Crippen molar-refractivity contribution in [2.24, 2.45) is 0 Å². The zero-order chi connectivity index (χ0) is 47.2. The summed E-state index contributed by atoms with van der Waals surface area (Å²) >= 11 is 0. The molecule has 0 amide bonds. The molecule has 0 N–H and O–H groups in total. The molecule has 0 saturated carbocycles. The third-order valence-corrected chi connectivity index (χ3v) is 11.7. The van der Waals surface area contributed by atoms with Crippen LogP contribution in [0.1, 0.15) is 265 Å². The first-order valence-electron chi connectivity index (χ1n) is 27.4. The van der Waals surface area contributed by atoms with Crippen LogP contribution >= 0.6 is 0 Å². The lowest BCUT2D eigenvalue weighted by Crippen LogP contribution is -2.30. The molecule has 0 aliphatic heterocycles. The van der Waals surface area contributed by atoms with E-state index >= 15 is 0 Å². The number of carbonyl (C=O) groups is 3. The molecule has 0 aliphatic carbocycles. The summed E-state index contributed by atoms with van der Waals surface area (Å²) in [6.07, 6.45) is 67.8. The number of hydrogen-bond acceptors (Lipinski definition) is 6. The fourth-order valence-electron chi connectivity index (χ4n) is 7.62. The van der Waals surface area contributed by atoms with Gasteiger partial charge in [0.1, 0.15) is 13.2 Å². The highest BCUT2D eigenvalue weighted by Gasteiger charge is 2.19. The highest BCUT2D eigenvalue weighted by atomic mass is 16.6. The Hall–Kier alpha value is -3.15. The van der Waals surface area contributed by atoms with Crippen molar-refractivity contribution in [1.82, 2.24) is 0 Å². The van der Waals surface area contributed by atoms with Crippen LogP contribution in [0.25, 0.3) is 0 Å². The van der Waals surface area contributed by atoms with Crippen molar-refractivity contribution >= 4 is 17.9 Å². The number of unbranched alkanes of at least 4 members (excludes halogenated alkanes) is 27. The first-order valence-corrected chi connectivity index (χ1v) is 27.4. The van der Waals surface area contributed by atoms with E-state index in [1.807, 2.05) is 6.08 Å². The minimum absolute atomic E-state index is 0.0971. The Labute approximate surface area is 402 Å². The predicted octanol–water partition coefficient (Wildman–Crippen LogP) is 18.2. The quantitative estimate of drug-likeness (QED) is 0.0262. The monoisotopic (exact) mass is 907 g/mol. The van der Waals surface area contributed by atoms with E-state index in [1.165, 1.54) is 141 Å². The molecule has 0 fully saturated rings. The first-order chi connectivity index (χ1) is 32.0. The van der Waals surface area contributed by atoms with Crippen LogP contribution in [0.4, 0.5) is 0 Å². The molecule has 0 aliphatic rings. The van der Waals surface area contributed by atoms with Gasteiger partial charge in [0, 0.05) is 12.8 Å². The van der Waals surface area contributed by atoms with E-state index in [-0.39, 0.29) is 31.6 Å². The van der Waals surface area contributed by atoms with Crippen molar-refractivity contribution in [2.75, 3.05) is 13.2 Å². The second-order valence-corrected chi connectivity index (χ2v) is 18.1. The zero-order valence-corrected chi connectivity index (χ0v) is 42.7. The third-order valence-electron chi connectivity index (χ3n) is 11.7. The number of carbonyl (C=O) groups excluding carboxylic acids is 3. The largest absolute Gasteiger partial charge is 0.462 e. The highest BCUT2D eigenvalue weighted by Crippen LogP contribution is 2.16. The zero-order valence-electron chi connectivity index (χ0n) is 42.7. The molecule has 0 aromatic heterocycles. The molecule has 6 heteroatoms. The second-order valence-electron chi connectivity index (χ2n) is 18.1. The standard InChI is InChI=1S/C59H102O6/c1-4-7-10-13-16-19-22-24-26-27-28-29-30-31-33-34-37-40-43-46-49-52-58(61)64-55-56(54-63-57(60)51-48-45-42-39-36-21-18-15-12-9-6-3)65-59(62)53-50-47-44-41-38-35-32-25-23-20-17-14-11-8-5-2/h8,11,15,17-18,20,25,32,38,41,47,50,56H,4-7,9-10,12-14,16,19,21-24,26-31,33-37,39-40,42-46,48-49,51-55H2,1-3H3/b11-8-,18-15-,20-17-,32-25-,41-38-,50-47-. The lowest BCUT2D eigenvalue weighted by Gasteiger charge is -2.18. The Balaban J connectivity index is 4.38. The molecule has 0 bridgehead atoms. The molecular formula is C59H102O6. The average molecular weight is 907 g/mol. The van der Waals surface area contributed by atoms with Gasteiger partial charge in [-0.1, -0.05) is 254 Å². The van der Waals surface area contributed by atoms with Crippen LogP contribution in [-0.4, -0.2) is 37.2 Å². The Morgan fingerprint density at radius 3 is 1.05 bits per heavy atom. The van der Waals surface area contributed by atoms with Gasteiger partial charge in [0.05, 0.1) is 6.42 Å². The Morgan fingerprint density at radius 1 is 0.338 bits per heavy atom. The first kappa shape index (κ1) is 61.9. The Morgan fingerprint density at radius 2 is 0.662 bits per heavy atom. The molecule has 0 spiro atoms. The molecule has 0 heterocycles. The molecule has 6 nitrogen and oxygen atoms in total. The molecule has 0 radical (unpaired) electrons. The van der Waals surface area contributed by atoms with Crippen LogP contribution in [0.15, 0.2) is 72.9 Å². The van der Waals surface area contributed by atoms with Crippen LogP contribution in [0.3, 0.4) is 0 Å². The highest BCUT2D eigenvalue weighted by molar-refractivity contribution is 5.72. The summed E-state index contributed by atoms with van der Waals surface area (Å²) in [6.45, 7) is 6.41. The molecule has 0 aromatic rings. The molecule has 0 saturated heterocycles. The van der Waals surface area contributed by atoms with Gasteiger partial charge in [0.25, 0.3) is 0 Å². The van der Waals surface area contributed by atoms with Crippen molar-refractivity contribution in [1.29, 1.82) is 0 Å². The smallest absolute Gasteiger partial charge is 0.310 e. The number of allylic oxidation sites excluding steroid dienone is 11. The summed E-state index contributed by atoms with van der Waals surface area (Å²) in [5, 5.41) is 0. The van der Waals surface area contributed by atoms with Crippen molar-refractivity contribution in [3.8, 4) is 0 Å². The van der Waals surface area contributed by atoms with Crippen LogP contribution < -0.4 is 0 Å². The molecule has 0 rings (SSSR count). The van der Waals surface area contributed by atoms with E-state index < -0.39 is 12.1 Å². The molecule has 1 atom stereocenters. The van der Waals surface area contributed by atoms with Gasteiger partial charge in [-0.25, -0.2) is 0 Å². The van der Waals surface area contributed by atoms with Gasteiger partial charge < -0.3 is 14.2 Å². The van der Waals surface area contributed by atoms with E-state index in [2.05, 4.69) is 81.5 Å².